The lowest BCUT2D eigenvalue weighted by molar-refractivity contribution is -0.110. The van der Waals surface area contributed by atoms with Crippen molar-refractivity contribution in [1.82, 2.24) is 19.9 Å². The summed E-state index contributed by atoms with van der Waals surface area (Å²) in [7, 11) is 0. The van der Waals surface area contributed by atoms with Crippen LogP contribution in [0.5, 0.6) is 0 Å². The third kappa shape index (κ3) is 5.00. The van der Waals surface area contributed by atoms with Crippen LogP contribution in [-0.4, -0.2) is 58.6 Å². The Morgan fingerprint density at radius 1 is 1.25 bits per heavy atom. The van der Waals surface area contributed by atoms with E-state index in [1.165, 1.54) is 24.0 Å². The Hall–Kier alpha value is -3.27. The number of amides is 1. The smallest absolute Gasteiger partial charge is 0.257 e. The van der Waals surface area contributed by atoms with Crippen LogP contribution in [0.1, 0.15) is 34.5 Å². The van der Waals surface area contributed by atoms with Crippen molar-refractivity contribution in [2.75, 3.05) is 43.5 Å². The fraction of sp³-hybridized carbons (Fsp3) is 0.346. The number of nitrogens with one attached hydrogen (secondary N) is 3. The molecule has 2 aliphatic heterocycles. The third-order valence-electron chi connectivity index (χ3n) is 6.70. The molecule has 188 valence electrons. The highest BCUT2D eigenvalue weighted by Crippen LogP contribution is 2.38. The summed E-state index contributed by atoms with van der Waals surface area (Å²) in [6.07, 6.45) is 5.23. The molecule has 36 heavy (non-hydrogen) atoms. The van der Waals surface area contributed by atoms with Gasteiger partial charge in [-0.25, -0.2) is 14.4 Å². The standard InChI is InChI=1S/C26H28ClFN6O2/c1-15-18(4-3-7-34-8-10-36-11-9-34)16(2)31-22(15)13-19-23-24(29-14-30-25(23)33-26(19)35)32-17-5-6-21(28)20(27)12-17/h5-6,12-14,31H,3-4,7-11H2,1-2H3,(H2,29,30,32,33,35)/b19-13-. The number of aromatic amines is 1. The number of morpholine rings is 1. The average Bonchev–Trinajstić information content (AvgIpc) is 3.33. The van der Waals surface area contributed by atoms with Gasteiger partial charge in [-0.15, -0.1) is 0 Å². The molecular formula is C26H28ClFN6O2. The zero-order valence-corrected chi connectivity index (χ0v) is 21.0. The summed E-state index contributed by atoms with van der Waals surface area (Å²) in [4.78, 5) is 27.4. The van der Waals surface area contributed by atoms with Gasteiger partial charge in [-0.05, 0) is 68.6 Å². The number of ether oxygens (including phenoxy) is 1. The van der Waals surface area contributed by atoms with E-state index in [0.29, 0.717) is 28.5 Å². The van der Waals surface area contributed by atoms with Gasteiger partial charge in [-0.2, -0.15) is 0 Å². The largest absolute Gasteiger partial charge is 0.379 e. The van der Waals surface area contributed by atoms with Crippen LogP contribution >= 0.6 is 11.6 Å². The number of aromatic nitrogens is 3. The van der Waals surface area contributed by atoms with E-state index < -0.39 is 5.82 Å². The molecular weight excluding hydrogens is 483 g/mol. The van der Waals surface area contributed by atoms with Gasteiger partial charge in [-0.3, -0.25) is 9.69 Å². The Labute approximate surface area is 213 Å². The van der Waals surface area contributed by atoms with Gasteiger partial charge in [0.1, 0.15) is 23.8 Å². The second-order valence-electron chi connectivity index (χ2n) is 9.04. The van der Waals surface area contributed by atoms with Crippen LogP contribution in [0.2, 0.25) is 5.02 Å². The monoisotopic (exact) mass is 510 g/mol. The second kappa shape index (κ2) is 10.4. The number of carbonyl (C=O) groups excluding carboxylic acids is 1. The zero-order valence-electron chi connectivity index (χ0n) is 20.3. The number of nitrogens with zero attached hydrogens (tertiary/aromatic N) is 3. The van der Waals surface area contributed by atoms with E-state index in [-0.39, 0.29) is 10.9 Å². The van der Waals surface area contributed by atoms with E-state index in [2.05, 4.69) is 44.3 Å². The normalized spacial score (nSPS) is 16.9. The molecule has 0 bridgehead atoms. The van der Waals surface area contributed by atoms with E-state index in [4.69, 9.17) is 16.3 Å². The maximum Gasteiger partial charge on any atom is 0.257 e. The third-order valence-corrected chi connectivity index (χ3v) is 6.99. The number of fused-ring (bicyclic) bond motifs is 1. The molecule has 0 atom stereocenters. The SMILES string of the molecule is Cc1[nH]c(/C=C2\C(=O)Nc3ncnc(Nc4ccc(F)c(Cl)c4)c32)c(C)c1CCCN1CCOCC1. The molecule has 0 spiro atoms. The molecule has 10 heteroatoms. The molecule has 4 heterocycles. The summed E-state index contributed by atoms with van der Waals surface area (Å²) in [6, 6.07) is 4.31. The summed E-state index contributed by atoms with van der Waals surface area (Å²) in [5.74, 6) is 0.0830. The van der Waals surface area contributed by atoms with Crippen LogP contribution < -0.4 is 10.6 Å². The molecule has 0 radical (unpaired) electrons. The van der Waals surface area contributed by atoms with Gasteiger partial charge in [0.15, 0.2) is 0 Å². The average molecular weight is 511 g/mol. The van der Waals surface area contributed by atoms with E-state index in [9.17, 15) is 9.18 Å². The van der Waals surface area contributed by atoms with Crippen molar-refractivity contribution in [3.8, 4) is 0 Å². The Morgan fingerprint density at radius 2 is 2.06 bits per heavy atom. The summed E-state index contributed by atoms with van der Waals surface area (Å²) in [5.41, 5.74) is 5.94. The minimum absolute atomic E-state index is 0.00527. The van der Waals surface area contributed by atoms with Crippen molar-refractivity contribution >= 4 is 46.5 Å². The van der Waals surface area contributed by atoms with Crippen molar-refractivity contribution in [3.63, 3.8) is 0 Å². The Morgan fingerprint density at radius 3 is 2.83 bits per heavy atom. The minimum Gasteiger partial charge on any atom is -0.379 e. The van der Waals surface area contributed by atoms with Crippen molar-refractivity contribution in [2.45, 2.75) is 26.7 Å². The van der Waals surface area contributed by atoms with Crippen molar-refractivity contribution in [3.05, 3.63) is 63.4 Å². The first-order chi connectivity index (χ1) is 17.4. The van der Waals surface area contributed by atoms with Gasteiger partial charge >= 0.3 is 0 Å². The first kappa shape index (κ1) is 24.4. The lowest BCUT2D eigenvalue weighted by Gasteiger charge is -2.26. The predicted molar refractivity (Wildman–Crippen MR) is 139 cm³/mol. The van der Waals surface area contributed by atoms with Gasteiger partial charge in [0.2, 0.25) is 0 Å². The molecule has 0 saturated carbocycles. The van der Waals surface area contributed by atoms with Crippen molar-refractivity contribution < 1.29 is 13.9 Å². The van der Waals surface area contributed by atoms with Gasteiger partial charge in [0.05, 0.1) is 29.4 Å². The summed E-state index contributed by atoms with van der Waals surface area (Å²) in [6.45, 7) is 8.76. The van der Waals surface area contributed by atoms with Crippen LogP contribution in [0, 0.1) is 19.7 Å². The van der Waals surface area contributed by atoms with Gasteiger partial charge in [0, 0.05) is 30.2 Å². The molecule has 8 nitrogen and oxygen atoms in total. The number of hydrogen-bond donors (Lipinski definition) is 3. The fourth-order valence-corrected chi connectivity index (χ4v) is 4.93. The summed E-state index contributed by atoms with van der Waals surface area (Å²) in [5, 5.41) is 5.95. The summed E-state index contributed by atoms with van der Waals surface area (Å²) >= 11 is 5.93. The lowest BCUT2D eigenvalue weighted by atomic mass is 10.0. The minimum atomic E-state index is -0.508. The van der Waals surface area contributed by atoms with Crippen LogP contribution in [-0.2, 0) is 16.0 Å². The molecule has 1 aromatic carbocycles. The quantitative estimate of drug-likeness (QED) is 0.398. The molecule has 2 aliphatic rings. The van der Waals surface area contributed by atoms with E-state index in [0.717, 1.165) is 62.6 Å². The maximum absolute atomic E-state index is 13.6. The molecule has 1 saturated heterocycles. The van der Waals surface area contributed by atoms with Crippen LogP contribution in [0.4, 0.5) is 21.7 Å². The highest BCUT2D eigenvalue weighted by atomic mass is 35.5. The second-order valence-corrected chi connectivity index (χ2v) is 9.44. The number of carbonyl (C=O) groups is 1. The topological polar surface area (TPSA) is 95.2 Å². The Bertz CT molecular complexity index is 1330. The van der Waals surface area contributed by atoms with E-state index >= 15 is 0 Å². The molecule has 5 rings (SSSR count). The number of halogens is 2. The molecule has 0 unspecified atom stereocenters. The van der Waals surface area contributed by atoms with Crippen LogP contribution in [0.15, 0.2) is 24.5 Å². The van der Waals surface area contributed by atoms with Crippen LogP contribution in [0.3, 0.4) is 0 Å². The number of rotatable bonds is 7. The van der Waals surface area contributed by atoms with Crippen molar-refractivity contribution in [1.29, 1.82) is 0 Å². The maximum atomic E-state index is 13.6. The predicted octanol–water partition coefficient (Wildman–Crippen LogP) is 4.72. The number of hydrogen-bond acceptors (Lipinski definition) is 6. The molecule has 1 amide bonds. The fourth-order valence-electron chi connectivity index (χ4n) is 4.75. The molecule has 3 aromatic rings. The first-order valence-corrected chi connectivity index (χ1v) is 12.4. The van der Waals surface area contributed by atoms with Gasteiger partial charge < -0.3 is 20.4 Å². The number of benzene rings is 1. The molecule has 0 aliphatic carbocycles. The zero-order chi connectivity index (χ0) is 25.2. The Balaban J connectivity index is 1.40. The van der Waals surface area contributed by atoms with Crippen LogP contribution in [0.25, 0.3) is 11.6 Å². The highest BCUT2D eigenvalue weighted by molar-refractivity contribution is 6.35. The molecule has 2 aromatic heterocycles. The van der Waals surface area contributed by atoms with E-state index in [1.807, 2.05) is 6.08 Å². The van der Waals surface area contributed by atoms with E-state index in [1.54, 1.807) is 6.07 Å². The Kier molecular flexibility index (Phi) is 7.04. The number of anilines is 3. The first-order valence-electron chi connectivity index (χ1n) is 12.0. The van der Waals surface area contributed by atoms with Crippen molar-refractivity contribution in [2.24, 2.45) is 0 Å². The highest BCUT2D eigenvalue weighted by Gasteiger charge is 2.30. The number of aryl methyl sites for hydroxylation is 1. The lowest BCUT2D eigenvalue weighted by Crippen LogP contribution is -2.36. The molecule has 1 fully saturated rings. The van der Waals surface area contributed by atoms with Gasteiger partial charge in [-0.1, -0.05) is 11.6 Å². The number of H-pyrrole nitrogens is 1. The molecule has 3 N–H and O–H groups in total. The summed E-state index contributed by atoms with van der Waals surface area (Å²) < 4.78 is 19.0. The van der Waals surface area contributed by atoms with Gasteiger partial charge in [0.25, 0.3) is 5.91 Å².